The van der Waals surface area contributed by atoms with Crippen LogP contribution < -0.4 is 4.74 Å². The second kappa shape index (κ2) is 10.2. The molecular formula is C28H30N5O4+. The van der Waals surface area contributed by atoms with Crippen molar-refractivity contribution in [2.45, 2.75) is 33.2 Å². The first kappa shape index (κ1) is 25.6. The van der Waals surface area contributed by atoms with E-state index in [0.717, 1.165) is 33.5 Å². The summed E-state index contributed by atoms with van der Waals surface area (Å²) in [5.74, 6) is -0.261. The highest BCUT2D eigenvalue weighted by atomic mass is 16.5. The number of pyridine rings is 1. The number of imidazole rings is 1. The Labute approximate surface area is 214 Å². The van der Waals surface area contributed by atoms with Crippen molar-refractivity contribution in [1.82, 2.24) is 14.5 Å². The van der Waals surface area contributed by atoms with Gasteiger partial charge in [-0.05, 0) is 57.5 Å². The van der Waals surface area contributed by atoms with Crippen molar-refractivity contribution in [2.24, 2.45) is 4.99 Å². The third-order valence-electron chi connectivity index (χ3n) is 5.69. The van der Waals surface area contributed by atoms with Crippen LogP contribution in [-0.4, -0.2) is 51.1 Å². The number of benzene rings is 2. The Morgan fingerprint density at radius 3 is 2.57 bits per heavy atom. The van der Waals surface area contributed by atoms with Crippen molar-refractivity contribution in [3.8, 4) is 28.3 Å². The first-order valence-corrected chi connectivity index (χ1v) is 11.8. The fourth-order valence-electron chi connectivity index (χ4n) is 4.05. The summed E-state index contributed by atoms with van der Waals surface area (Å²) in [6, 6.07) is 15.3. The molecule has 0 spiro atoms. The van der Waals surface area contributed by atoms with Crippen molar-refractivity contribution in [3.63, 3.8) is 0 Å². The van der Waals surface area contributed by atoms with Gasteiger partial charge in [-0.15, -0.1) is 4.99 Å². The molecule has 9 nitrogen and oxygen atoms in total. The Kier molecular flexibility index (Phi) is 7.06. The molecule has 0 bridgehead atoms. The van der Waals surface area contributed by atoms with Gasteiger partial charge in [-0.1, -0.05) is 24.3 Å². The summed E-state index contributed by atoms with van der Waals surface area (Å²) in [5, 5.41) is 16.1. The lowest BCUT2D eigenvalue weighted by atomic mass is 10.0. The first-order valence-electron chi connectivity index (χ1n) is 11.8. The lowest BCUT2D eigenvalue weighted by Gasteiger charge is -2.25. The molecule has 4 rings (SSSR count). The number of amidine groups is 1. The molecule has 0 atom stereocenters. The SMILES string of the molecule is CCOC(=O)C([OH2+])=NC(=N)c1cccc(-c2nc3cc(-c4cncc(OC)c4)ccc3n2C(C)(C)C)c1. The number of carbonyl (C=O) groups excluding carboxylic acids is 1. The van der Waals surface area contributed by atoms with Gasteiger partial charge >= 0.3 is 11.9 Å². The summed E-state index contributed by atoms with van der Waals surface area (Å²) >= 11 is 0. The standard InChI is InChI=1S/C28H29N5O4/c1-6-37-27(35)26(34)32-24(29)18-8-7-9-19(12-18)25-31-22-14-17(20-13-21(36-5)16-30-15-20)10-11-23(22)33(25)28(2,3)4/h7-16H,6H2,1-5H3,(H2,29,32,34)/p+1. The second-order valence-electron chi connectivity index (χ2n) is 9.37. The molecule has 0 saturated carbocycles. The van der Waals surface area contributed by atoms with Gasteiger partial charge in [0, 0.05) is 28.4 Å². The van der Waals surface area contributed by atoms with Crippen molar-refractivity contribution in [3.05, 3.63) is 66.5 Å². The minimum atomic E-state index is -0.861. The molecule has 37 heavy (non-hydrogen) atoms. The molecule has 2 heterocycles. The maximum atomic E-state index is 11.8. The number of fused-ring (bicyclic) bond motifs is 1. The Morgan fingerprint density at radius 2 is 1.86 bits per heavy atom. The van der Waals surface area contributed by atoms with Crippen LogP contribution in [0.2, 0.25) is 0 Å². The van der Waals surface area contributed by atoms with Gasteiger partial charge in [0.05, 0.1) is 30.9 Å². The van der Waals surface area contributed by atoms with Crippen molar-refractivity contribution < 1.29 is 19.4 Å². The number of carbonyl (C=O) groups is 1. The van der Waals surface area contributed by atoms with Gasteiger partial charge in [-0.25, -0.2) is 9.78 Å². The minimum Gasteiger partial charge on any atom is -0.573 e. The zero-order valence-electron chi connectivity index (χ0n) is 21.5. The number of aromatic nitrogens is 3. The smallest absolute Gasteiger partial charge is 0.450 e. The number of hydrogen-bond acceptors (Lipinski definition) is 6. The highest BCUT2D eigenvalue weighted by Crippen LogP contribution is 2.34. The van der Waals surface area contributed by atoms with Crippen LogP contribution in [0.1, 0.15) is 33.3 Å². The summed E-state index contributed by atoms with van der Waals surface area (Å²) < 4.78 is 12.3. The second-order valence-corrected chi connectivity index (χ2v) is 9.37. The maximum absolute atomic E-state index is 11.8. The summed E-state index contributed by atoms with van der Waals surface area (Å²) in [7, 11) is 1.61. The van der Waals surface area contributed by atoms with Crippen LogP contribution in [0.4, 0.5) is 0 Å². The molecule has 0 fully saturated rings. The molecule has 2 aromatic heterocycles. The maximum Gasteiger partial charge on any atom is 0.450 e. The van der Waals surface area contributed by atoms with Gasteiger partial charge in [0.25, 0.3) is 0 Å². The summed E-state index contributed by atoms with van der Waals surface area (Å²) in [6.45, 7) is 8.12. The van der Waals surface area contributed by atoms with Gasteiger partial charge in [-0.2, -0.15) is 0 Å². The van der Waals surface area contributed by atoms with E-state index in [1.807, 2.05) is 36.4 Å². The molecule has 4 aromatic rings. The van der Waals surface area contributed by atoms with Crippen LogP contribution in [0.15, 0.2) is 65.9 Å². The number of nitrogens with zero attached hydrogens (tertiary/aromatic N) is 4. The van der Waals surface area contributed by atoms with Gasteiger partial charge < -0.3 is 19.1 Å². The Hall–Kier alpha value is -4.53. The summed E-state index contributed by atoms with van der Waals surface area (Å²) in [5.41, 5.74) is 4.64. The van der Waals surface area contributed by atoms with E-state index in [0.29, 0.717) is 11.3 Å². The molecular weight excluding hydrogens is 470 g/mol. The predicted molar refractivity (Wildman–Crippen MR) is 144 cm³/mol. The first-order chi connectivity index (χ1) is 17.6. The van der Waals surface area contributed by atoms with Gasteiger partial charge in [0.2, 0.25) is 0 Å². The Morgan fingerprint density at radius 1 is 1.08 bits per heavy atom. The highest BCUT2D eigenvalue weighted by Gasteiger charge is 2.24. The topological polar surface area (TPSA) is 125 Å². The molecule has 0 aliphatic rings. The third kappa shape index (κ3) is 5.35. The van der Waals surface area contributed by atoms with E-state index < -0.39 is 11.9 Å². The molecule has 2 aromatic carbocycles. The molecule has 9 heteroatoms. The number of aliphatic imine (C=N–C) groups is 1. The average molecular weight is 501 g/mol. The molecule has 190 valence electrons. The molecule has 0 aliphatic carbocycles. The molecule has 0 amide bonds. The van der Waals surface area contributed by atoms with Crippen LogP contribution in [0.5, 0.6) is 5.75 Å². The van der Waals surface area contributed by atoms with E-state index in [9.17, 15) is 4.79 Å². The van der Waals surface area contributed by atoms with E-state index in [4.69, 9.17) is 25.0 Å². The largest absolute Gasteiger partial charge is 0.573 e. The average Bonchev–Trinajstić information content (AvgIpc) is 3.28. The fraction of sp³-hybridized carbons (Fsp3) is 0.250. The highest BCUT2D eigenvalue weighted by molar-refractivity contribution is 6.34. The fourth-order valence-corrected chi connectivity index (χ4v) is 4.05. The van der Waals surface area contributed by atoms with E-state index in [1.54, 1.807) is 38.6 Å². The van der Waals surface area contributed by atoms with Gasteiger partial charge in [-0.3, -0.25) is 10.4 Å². The number of hydrogen-bond donors (Lipinski definition) is 1. The third-order valence-corrected chi connectivity index (χ3v) is 5.69. The quantitative estimate of drug-likeness (QED) is 0.186. The van der Waals surface area contributed by atoms with Crippen LogP contribution >= 0.6 is 0 Å². The number of ether oxygens (including phenoxy) is 2. The normalized spacial score (nSPS) is 12.0. The Bertz CT molecular complexity index is 1510. The molecule has 0 saturated heterocycles. The molecule has 0 unspecified atom stereocenters. The molecule has 0 aliphatic heterocycles. The van der Waals surface area contributed by atoms with E-state index in [2.05, 4.69) is 35.3 Å². The van der Waals surface area contributed by atoms with Crippen LogP contribution in [-0.2, 0) is 15.1 Å². The van der Waals surface area contributed by atoms with Crippen LogP contribution in [0.3, 0.4) is 0 Å². The zero-order chi connectivity index (χ0) is 26.7. The van der Waals surface area contributed by atoms with Crippen molar-refractivity contribution in [2.75, 3.05) is 13.7 Å². The lowest BCUT2D eigenvalue weighted by Crippen LogP contribution is -2.22. The van der Waals surface area contributed by atoms with Crippen LogP contribution in [0.25, 0.3) is 33.5 Å². The van der Waals surface area contributed by atoms with E-state index >= 15 is 0 Å². The lowest BCUT2D eigenvalue weighted by molar-refractivity contribution is -0.136. The van der Waals surface area contributed by atoms with Crippen LogP contribution in [0, 0.1) is 5.41 Å². The number of methoxy groups -OCH3 is 1. The summed E-state index contributed by atoms with van der Waals surface area (Å²) in [6.07, 6.45) is 3.46. The summed E-state index contributed by atoms with van der Waals surface area (Å²) in [4.78, 5) is 24.8. The molecule has 3 N–H and O–H groups in total. The number of rotatable bonds is 5. The Balaban J connectivity index is 1.80. The van der Waals surface area contributed by atoms with Crippen molar-refractivity contribution >= 4 is 28.7 Å². The van der Waals surface area contributed by atoms with E-state index in [1.165, 1.54) is 0 Å². The predicted octanol–water partition coefficient (Wildman–Crippen LogP) is 4.54. The van der Waals surface area contributed by atoms with Gasteiger partial charge in [0.15, 0.2) is 5.84 Å². The monoisotopic (exact) mass is 500 g/mol. The molecule has 0 radical (unpaired) electrons. The minimum absolute atomic E-state index is 0.138. The number of esters is 1. The zero-order valence-corrected chi connectivity index (χ0v) is 21.5. The van der Waals surface area contributed by atoms with Crippen molar-refractivity contribution in [1.29, 1.82) is 5.41 Å². The number of nitrogens with one attached hydrogen (secondary N) is 1. The van der Waals surface area contributed by atoms with Gasteiger partial charge in [0.1, 0.15) is 11.6 Å². The van der Waals surface area contributed by atoms with E-state index in [-0.39, 0.29) is 18.0 Å².